The van der Waals surface area contributed by atoms with Crippen molar-refractivity contribution in [2.45, 2.75) is 45.6 Å². The van der Waals surface area contributed by atoms with Crippen molar-refractivity contribution >= 4 is 0 Å². The summed E-state index contributed by atoms with van der Waals surface area (Å²) in [5.41, 5.74) is 5.07. The molecule has 2 heteroatoms. The second kappa shape index (κ2) is 6.48. The molecule has 0 fully saturated rings. The maximum atomic E-state index is 5.62. The predicted molar refractivity (Wildman–Crippen MR) is 87.9 cm³/mol. The van der Waals surface area contributed by atoms with Crippen molar-refractivity contribution in [3.05, 3.63) is 52.6 Å². The van der Waals surface area contributed by atoms with Crippen LogP contribution in [0.2, 0.25) is 0 Å². The van der Waals surface area contributed by atoms with Gasteiger partial charge in [-0.2, -0.15) is 0 Å². The number of methoxy groups -OCH3 is 2. The van der Waals surface area contributed by atoms with Gasteiger partial charge in [0, 0.05) is 7.11 Å². The minimum atomic E-state index is -0.134. The molecular formula is C19H26O2. The summed E-state index contributed by atoms with van der Waals surface area (Å²) in [5.74, 6) is 0.994. The van der Waals surface area contributed by atoms with Crippen LogP contribution in [0.3, 0.4) is 0 Å². The Bertz CT molecular complexity index is 569. The normalized spacial score (nSPS) is 21.8. The number of benzene rings is 1. The van der Waals surface area contributed by atoms with Gasteiger partial charge in [-0.3, -0.25) is 0 Å². The Morgan fingerprint density at radius 3 is 2.52 bits per heavy atom. The maximum Gasteiger partial charge on any atom is 0.122 e. The van der Waals surface area contributed by atoms with Crippen LogP contribution in [0.15, 0.2) is 41.5 Å². The molecule has 0 aliphatic heterocycles. The molecule has 1 aromatic carbocycles. The first-order chi connectivity index (χ1) is 9.98. The molecule has 0 radical (unpaired) electrons. The van der Waals surface area contributed by atoms with Gasteiger partial charge in [-0.05, 0) is 62.8 Å². The zero-order chi connectivity index (χ0) is 15.5. The monoisotopic (exact) mass is 286 g/mol. The second-order valence-corrected chi connectivity index (χ2v) is 6.06. The first-order valence-corrected chi connectivity index (χ1v) is 7.55. The fourth-order valence-electron chi connectivity index (χ4n) is 2.73. The minimum Gasteiger partial charge on any atom is -0.496 e. The van der Waals surface area contributed by atoms with Crippen molar-refractivity contribution < 1.29 is 9.47 Å². The van der Waals surface area contributed by atoms with Crippen LogP contribution >= 0.6 is 0 Å². The third-order valence-electron chi connectivity index (χ3n) is 4.57. The van der Waals surface area contributed by atoms with Crippen LogP contribution in [-0.2, 0) is 11.2 Å². The Morgan fingerprint density at radius 2 is 1.90 bits per heavy atom. The Balaban J connectivity index is 2.05. The van der Waals surface area contributed by atoms with Crippen LogP contribution < -0.4 is 4.74 Å². The van der Waals surface area contributed by atoms with Gasteiger partial charge in [0.1, 0.15) is 5.75 Å². The molecule has 1 unspecified atom stereocenters. The van der Waals surface area contributed by atoms with E-state index in [1.165, 1.54) is 22.3 Å². The molecule has 0 spiro atoms. The van der Waals surface area contributed by atoms with E-state index in [-0.39, 0.29) is 5.60 Å². The summed E-state index contributed by atoms with van der Waals surface area (Å²) >= 11 is 0. The van der Waals surface area contributed by atoms with Crippen molar-refractivity contribution in [2.24, 2.45) is 0 Å². The van der Waals surface area contributed by atoms with Crippen molar-refractivity contribution in [2.75, 3.05) is 14.2 Å². The number of allylic oxidation sites excluding steroid dienone is 2. The fourth-order valence-corrected chi connectivity index (χ4v) is 2.73. The maximum absolute atomic E-state index is 5.62. The van der Waals surface area contributed by atoms with Crippen LogP contribution in [0.25, 0.3) is 0 Å². The molecule has 0 saturated carbocycles. The minimum absolute atomic E-state index is 0.134. The van der Waals surface area contributed by atoms with E-state index in [0.29, 0.717) is 0 Å². The highest BCUT2D eigenvalue weighted by Crippen LogP contribution is 2.32. The van der Waals surface area contributed by atoms with Gasteiger partial charge < -0.3 is 9.47 Å². The zero-order valence-corrected chi connectivity index (χ0v) is 13.8. The molecule has 1 aromatic rings. The van der Waals surface area contributed by atoms with Gasteiger partial charge in [0.15, 0.2) is 0 Å². The molecule has 2 nitrogen and oxygen atoms in total. The molecule has 1 atom stereocenters. The Labute approximate surface area is 128 Å². The average molecular weight is 286 g/mol. The lowest BCUT2D eigenvalue weighted by Gasteiger charge is -2.31. The Hall–Kier alpha value is -1.54. The van der Waals surface area contributed by atoms with E-state index in [9.17, 15) is 0 Å². The molecule has 0 amide bonds. The van der Waals surface area contributed by atoms with Crippen LogP contribution in [0.1, 0.15) is 37.8 Å². The van der Waals surface area contributed by atoms with E-state index in [0.717, 1.165) is 25.0 Å². The van der Waals surface area contributed by atoms with Gasteiger partial charge in [-0.15, -0.1) is 0 Å². The largest absolute Gasteiger partial charge is 0.496 e. The van der Waals surface area contributed by atoms with Gasteiger partial charge in [-0.25, -0.2) is 0 Å². The number of ether oxygens (including phenoxy) is 2. The summed E-state index contributed by atoms with van der Waals surface area (Å²) in [4.78, 5) is 0. The highest BCUT2D eigenvalue weighted by Gasteiger charge is 2.27. The molecule has 1 aliphatic carbocycles. The van der Waals surface area contributed by atoms with Crippen molar-refractivity contribution in [1.82, 2.24) is 0 Å². The number of hydrogen-bond donors (Lipinski definition) is 0. The molecule has 0 heterocycles. The molecule has 0 aromatic heterocycles. The average Bonchev–Trinajstić information content (AvgIpc) is 2.49. The Kier molecular flexibility index (Phi) is 4.89. The van der Waals surface area contributed by atoms with Gasteiger partial charge in [0.2, 0.25) is 0 Å². The van der Waals surface area contributed by atoms with Gasteiger partial charge in [0.05, 0.1) is 12.7 Å². The van der Waals surface area contributed by atoms with E-state index < -0.39 is 0 Å². The third-order valence-corrected chi connectivity index (χ3v) is 4.57. The summed E-state index contributed by atoms with van der Waals surface area (Å²) in [5, 5.41) is 0. The third kappa shape index (κ3) is 3.56. The number of rotatable bonds is 5. The first kappa shape index (κ1) is 15.8. The molecule has 114 valence electrons. The number of hydrogen-bond acceptors (Lipinski definition) is 2. The van der Waals surface area contributed by atoms with E-state index in [2.05, 4.69) is 51.1 Å². The highest BCUT2D eigenvalue weighted by molar-refractivity contribution is 5.39. The van der Waals surface area contributed by atoms with E-state index >= 15 is 0 Å². The van der Waals surface area contributed by atoms with Crippen molar-refractivity contribution in [1.29, 1.82) is 0 Å². The van der Waals surface area contributed by atoms with Crippen LogP contribution in [-0.4, -0.2) is 19.8 Å². The van der Waals surface area contributed by atoms with E-state index in [1.807, 2.05) is 0 Å². The standard InChI is InChI=1S/C19H26O2/c1-14-6-8-17(18(12-14)20-4)9-7-16-10-11-19(3,21-5)15(2)13-16/h6,8,10,12-13H,7,9,11H2,1-5H3. The predicted octanol–water partition coefficient (Wildman–Crippen LogP) is 4.62. The SMILES string of the molecule is COc1cc(C)ccc1CCC1=CCC(C)(OC)C(C)=C1. The molecule has 0 N–H and O–H groups in total. The molecule has 1 aliphatic rings. The summed E-state index contributed by atoms with van der Waals surface area (Å²) in [6, 6.07) is 6.43. The van der Waals surface area contributed by atoms with Crippen molar-refractivity contribution in [3.63, 3.8) is 0 Å². The zero-order valence-electron chi connectivity index (χ0n) is 13.8. The molecular weight excluding hydrogens is 260 g/mol. The lowest BCUT2D eigenvalue weighted by Crippen LogP contribution is -2.29. The second-order valence-electron chi connectivity index (χ2n) is 6.06. The smallest absolute Gasteiger partial charge is 0.122 e. The highest BCUT2D eigenvalue weighted by atomic mass is 16.5. The molecule has 0 bridgehead atoms. The number of aryl methyl sites for hydroxylation is 2. The molecule has 21 heavy (non-hydrogen) atoms. The lowest BCUT2D eigenvalue weighted by atomic mass is 9.85. The molecule has 0 saturated heterocycles. The first-order valence-electron chi connectivity index (χ1n) is 7.55. The van der Waals surface area contributed by atoms with E-state index in [4.69, 9.17) is 9.47 Å². The summed E-state index contributed by atoms with van der Waals surface area (Å²) < 4.78 is 11.1. The fraction of sp³-hybridized carbons (Fsp3) is 0.474. The summed E-state index contributed by atoms with van der Waals surface area (Å²) in [6.07, 6.45) is 7.57. The van der Waals surface area contributed by atoms with Gasteiger partial charge >= 0.3 is 0 Å². The van der Waals surface area contributed by atoms with Crippen LogP contribution in [0.4, 0.5) is 0 Å². The summed E-state index contributed by atoms with van der Waals surface area (Å²) in [7, 11) is 3.53. The Morgan fingerprint density at radius 1 is 1.14 bits per heavy atom. The lowest BCUT2D eigenvalue weighted by molar-refractivity contribution is 0.0395. The quantitative estimate of drug-likeness (QED) is 0.786. The molecule has 2 rings (SSSR count). The topological polar surface area (TPSA) is 18.5 Å². The summed E-state index contributed by atoms with van der Waals surface area (Å²) in [6.45, 7) is 6.39. The van der Waals surface area contributed by atoms with Gasteiger partial charge in [-0.1, -0.05) is 29.9 Å². The van der Waals surface area contributed by atoms with E-state index in [1.54, 1.807) is 14.2 Å². The van der Waals surface area contributed by atoms with Crippen LogP contribution in [0.5, 0.6) is 5.75 Å². The van der Waals surface area contributed by atoms with Gasteiger partial charge in [0.25, 0.3) is 0 Å². The van der Waals surface area contributed by atoms with Crippen molar-refractivity contribution in [3.8, 4) is 5.75 Å². The van der Waals surface area contributed by atoms with Crippen LogP contribution in [0, 0.1) is 6.92 Å².